The highest BCUT2D eigenvalue weighted by molar-refractivity contribution is 5.98. The van der Waals surface area contributed by atoms with E-state index in [-0.39, 0.29) is 5.41 Å². The first-order chi connectivity index (χ1) is 18.2. The topological polar surface area (TPSA) is 38.5 Å². The number of allylic oxidation sites excluding steroid dienone is 8. The monoisotopic (exact) mass is 484 g/mol. The Morgan fingerprint density at radius 3 is 2.54 bits per heavy atom. The minimum Gasteiger partial charge on any atom is -0.497 e. The molecule has 0 radical (unpaired) electrons. The summed E-state index contributed by atoms with van der Waals surface area (Å²) in [6, 6.07) is 23.9. The molecule has 4 aliphatic carbocycles. The first-order valence-corrected chi connectivity index (χ1v) is 13.4. The standard InChI is InChI=1S/C34H32N2O/c1-3-22-9-8-14-31-33(22)28-20-17-24(36(35)23-15-18-25(37-2)19-16-23)21-32(28)34(31)29-12-6-4-10-26(29)27-11-5-7-13-30(27)34/h4-6,8,10-12,14-22H,3,7,9,13,35H2,1-2H3. The lowest BCUT2D eigenvalue weighted by Crippen LogP contribution is -2.30. The van der Waals surface area contributed by atoms with Gasteiger partial charge in [-0.15, -0.1) is 0 Å². The first kappa shape index (κ1) is 22.4. The molecule has 184 valence electrons. The number of benzene rings is 3. The number of hydrogen-bond donors (Lipinski definition) is 1. The van der Waals surface area contributed by atoms with Crippen LogP contribution >= 0.6 is 0 Å². The summed E-state index contributed by atoms with van der Waals surface area (Å²) in [5, 5.41) is 1.80. The Hall–Kier alpha value is -3.82. The third-order valence-corrected chi connectivity index (χ3v) is 8.87. The van der Waals surface area contributed by atoms with E-state index in [0.717, 1.165) is 42.8 Å². The fraction of sp³-hybridized carbons (Fsp3) is 0.235. The molecule has 37 heavy (non-hydrogen) atoms. The van der Waals surface area contributed by atoms with Gasteiger partial charge in [-0.05, 0) is 113 Å². The third-order valence-electron chi connectivity index (χ3n) is 8.87. The van der Waals surface area contributed by atoms with Crippen LogP contribution in [-0.4, -0.2) is 7.11 Å². The van der Waals surface area contributed by atoms with Crippen LogP contribution in [0.2, 0.25) is 0 Å². The van der Waals surface area contributed by atoms with Crippen molar-refractivity contribution in [2.75, 3.05) is 12.1 Å². The Balaban J connectivity index is 1.49. The number of ether oxygens (including phenoxy) is 1. The third kappa shape index (κ3) is 2.98. The molecule has 0 aliphatic heterocycles. The highest BCUT2D eigenvalue weighted by Gasteiger charge is 2.54. The number of rotatable bonds is 4. The molecule has 4 aliphatic rings. The van der Waals surface area contributed by atoms with Crippen LogP contribution in [0.15, 0.2) is 102 Å². The molecule has 0 fully saturated rings. The molecule has 3 nitrogen and oxygen atoms in total. The minimum absolute atomic E-state index is 0.248. The summed E-state index contributed by atoms with van der Waals surface area (Å²) < 4.78 is 5.36. The van der Waals surface area contributed by atoms with Crippen LogP contribution in [0.4, 0.5) is 11.4 Å². The van der Waals surface area contributed by atoms with Gasteiger partial charge in [0, 0.05) is 0 Å². The normalized spacial score (nSPS) is 22.7. The van der Waals surface area contributed by atoms with E-state index in [9.17, 15) is 0 Å². The van der Waals surface area contributed by atoms with E-state index in [1.54, 1.807) is 17.7 Å². The molecule has 0 saturated heterocycles. The van der Waals surface area contributed by atoms with Crippen molar-refractivity contribution >= 4 is 22.5 Å². The molecule has 2 N–H and O–H groups in total. The minimum atomic E-state index is -0.248. The van der Waals surface area contributed by atoms with Gasteiger partial charge in [0.25, 0.3) is 0 Å². The first-order valence-electron chi connectivity index (χ1n) is 13.4. The van der Waals surface area contributed by atoms with Crippen molar-refractivity contribution in [2.45, 2.75) is 38.0 Å². The maximum absolute atomic E-state index is 6.76. The molecule has 3 aromatic carbocycles. The fourth-order valence-electron chi connectivity index (χ4n) is 7.23. The largest absolute Gasteiger partial charge is 0.497 e. The molecule has 3 heteroatoms. The Morgan fingerprint density at radius 2 is 1.73 bits per heavy atom. The van der Waals surface area contributed by atoms with Crippen LogP contribution in [0.5, 0.6) is 5.75 Å². The lowest BCUT2D eigenvalue weighted by molar-refractivity contribution is 0.415. The van der Waals surface area contributed by atoms with Gasteiger partial charge in [0.1, 0.15) is 5.75 Å². The van der Waals surface area contributed by atoms with Crippen molar-refractivity contribution in [1.82, 2.24) is 0 Å². The number of anilines is 2. The van der Waals surface area contributed by atoms with Gasteiger partial charge in [0.15, 0.2) is 0 Å². The molecule has 3 aromatic rings. The van der Waals surface area contributed by atoms with Gasteiger partial charge in [-0.3, -0.25) is 5.01 Å². The highest BCUT2D eigenvalue weighted by atomic mass is 16.5. The summed E-state index contributed by atoms with van der Waals surface area (Å²) in [5.41, 5.74) is 13.3. The average molecular weight is 485 g/mol. The van der Waals surface area contributed by atoms with Crippen LogP contribution in [0.25, 0.3) is 11.1 Å². The molecular weight excluding hydrogens is 452 g/mol. The van der Waals surface area contributed by atoms with Crippen molar-refractivity contribution in [3.63, 3.8) is 0 Å². The second-order valence-electron chi connectivity index (χ2n) is 10.5. The summed E-state index contributed by atoms with van der Waals surface area (Å²) in [5.74, 6) is 8.12. The predicted molar refractivity (Wildman–Crippen MR) is 153 cm³/mol. The van der Waals surface area contributed by atoms with Crippen molar-refractivity contribution in [3.05, 3.63) is 124 Å². The van der Waals surface area contributed by atoms with Gasteiger partial charge in [0.2, 0.25) is 0 Å². The average Bonchev–Trinajstić information content (AvgIpc) is 3.44. The summed E-state index contributed by atoms with van der Waals surface area (Å²) in [7, 11) is 1.69. The van der Waals surface area contributed by atoms with E-state index < -0.39 is 0 Å². The zero-order valence-electron chi connectivity index (χ0n) is 21.5. The number of methoxy groups -OCH3 is 1. The molecule has 0 aromatic heterocycles. The number of hydrazine groups is 1. The quantitative estimate of drug-likeness (QED) is 0.302. The van der Waals surface area contributed by atoms with Crippen LogP contribution in [0, 0.1) is 5.92 Å². The molecular formula is C34H32N2O. The van der Waals surface area contributed by atoms with E-state index >= 15 is 0 Å². The maximum atomic E-state index is 6.76. The Labute approximate surface area is 219 Å². The van der Waals surface area contributed by atoms with Crippen molar-refractivity contribution in [3.8, 4) is 5.75 Å². The van der Waals surface area contributed by atoms with E-state index in [2.05, 4.69) is 73.7 Å². The zero-order valence-corrected chi connectivity index (χ0v) is 21.5. The van der Waals surface area contributed by atoms with Crippen LogP contribution in [0.1, 0.15) is 54.9 Å². The van der Waals surface area contributed by atoms with E-state index in [4.69, 9.17) is 10.6 Å². The zero-order chi connectivity index (χ0) is 25.1. The molecule has 0 saturated carbocycles. The van der Waals surface area contributed by atoms with Crippen LogP contribution in [-0.2, 0) is 5.41 Å². The second kappa shape index (κ2) is 8.36. The predicted octanol–water partition coefficient (Wildman–Crippen LogP) is 7.86. The SMILES string of the molecule is CCC1CC=CC2=C1c1ccc(N(N)c3ccc(OC)cc3)cc1C21C2=C(C=CCC2)c2ccccc21. The van der Waals surface area contributed by atoms with E-state index in [1.807, 2.05) is 24.3 Å². The van der Waals surface area contributed by atoms with Gasteiger partial charge < -0.3 is 4.74 Å². The van der Waals surface area contributed by atoms with Gasteiger partial charge in [-0.25, -0.2) is 5.84 Å². The maximum Gasteiger partial charge on any atom is 0.119 e. The molecule has 2 unspecified atom stereocenters. The highest BCUT2D eigenvalue weighted by Crippen LogP contribution is 2.65. The summed E-state index contributed by atoms with van der Waals surface area (Å²) in [4.78, 5) is 0. The van der Waals surface area contributed by atoms with Crippen LogP contribution in [0.3, 0.4) is 0 Å². The molecule has 1 spiro atoms. The number of nitrogens with two attached hydrogens (primary N) is 1. The second-order valence-corrected chi connectivity index (χ2v) is 10.5. The lowest BCUT2D eigenvalue weighted by Gasteiger charge is -2.36. The fourth-order valence-corrected chi connectivity index (χ4v) is 7.23. The van der Waals surface area contributed by atoms with Gasteiger partial charge in [0.05, 0.1) is 23.9 Å². The van der Waals surface area contributed by atoms with Crippen LogP contribution < -0.4 is 15.6 Å². The Morgan fingerprint density at radius 1 is 0.919 bits per heavy atom. The molecule has 2 atom stereocenters. The van der Waals surface area contributed by atoms with Crippen molar-refractivity contribution in [1.29, 1.82) is 0 Å². The van der Waals surface area contributed by atoms with E-state index in [1.165, 1.54) is 39.0 Å². The van der Waals surface area contributed by atoms with Gasteiger partial charge in [-0.2, -0.15) is 0 Å². The summed E-state index contributed by atoms with van der Waals surface area (Å²) in [6.07, 6.45) is 14.0. The lowest BCUT2D eigenvalue weighted by atomic mass is 9.66. The summed E-state index contributed by atoms with van der Waals surface area (Å²) in [6.45, 7) is 2.33. The molecule has 0 amide bonds. The Kier molecular flexibility index (Phi) is 5.06. The van der Waals surface area contributed by atoms with Gasteiger partial charge in [-0.1, -0.05) is 61.6 Å². The molecule has 0 heterocycles. The van der Waals surface area contributed by atoms with Crippen molar-refractivity contribution < 1.29 is 4.74 Å². The van der Waals surface area contributed by atoms with E-state index in [0.29, 0.717) is 5.92 Å². The van der Waals surface area contributed by atoms with Gasteiger partial charge >= 0.3 is 0 Å². The Bertz CT molecular complexity index is 1540. The summed E-state index contributed by atoms with van der Waals surface area (Å²) >= 11 is 0. The molecule has 7 rings (SSSR count). The smallest absolute Gasteiger partial charge is 0.119 e. The number of nitrogens with zero attached hydrogens (tertiary/aromatic N) is 1. The van der Waals surface area contributed by atoms with Crippen molar-refractivity contribution in [2.24, 2.45) is 11.8 Å². The molecule has 0 bridgehead atoms. The number of hydrogen-bond acceptors (Lipinski definition) is 3. The number of fused-ring (bicyclic) bond motifs is 8.